The SMILES string of the molecule is Cc1nc(N2CCCC2C(=O)NC2CCCc3ccccc32)nc2ccccc12. The Kier molecular flexibility index (Phi) is 4.66. The predicted octanol–water partition coefficient (Wildman–Crippen LogP) is 4.10. The van der Waals surface area contributed by atoms with Crippen LogP contribution in [0.4, 0.5) is 5.95 Å². The average molecular weight is 386 g/mol. The summed E-state index contributed by atoms with van der Waals surface area (Å²) in [4.78, 5) is 24.8. The third-order valence-electron chi connectivity index (χ3n) is 6.28. The van der Waals surface area contributed by atoms with E-state index in [1.54, 1.807) is 0 Å². The highest BCUT2D eigenvalue weighted by molar-refractivity contribution is 5.87. The summed E-state index contributed by atoms with van der Waals surface area (Å²) in [6.07, 6.45) is 5.04. The van der Waals surface area contributed by atoms with Crippen molar-refractivity contribution in [3.8, 4) is 0 Å². The van der Waals surface area contributed by atoms with Gasteiger partial charge in [-0.2, -0.15) is 0 Å². The number of carbonyl (C=O) groups is 1. The van der Waals surface area contributed by atoms with E-state index >= 15 is 0 Å². The maximum Gasteiger partial charge on any atom is 0.243 e. The van der Waals surface area contributed by atoms with Crippen molar-refractivity contribution in [3.63, 3.8) is 0 Å². The molecule has 1 aliphatic carbocycles. The minimum absolute atomic E-state index is 0.0959. The van der Waals surface area contributed by atoms with Crippen LogP contribution in [0.15, 0.2) is 48.5 Å². The van der Waals surface area contributed by atoms with E-state index in [1.165, 1.54) is 11.1 Å². The van der Waals surface area contributed by atoms with Crippen LogP contribution in [0.5, 0.6) is 0 Å². The Bertz CT molecular complexity index is 1060. The summed E-state index contributed by atoms with van der Waals surface area (Å²) in [6.45, 7) is 2.83. The Morgan fingerprint density at radius 3 is 2.79 bits per heavy atom. The number of fused-ring (bicyclic) bond motifs is 2. The second kappa shape index (κ2) is 7.47. The molecule has 1 amide bonds. The molecule has 1 aliphatic heterocycles. The van der Waals surface area contributed by atoms with Gasteiger partial charge in [-0.05, 0) is 56.2 Å². The van der Waals surface area contributed by atoms with Gasteiger partial charge in [0.15, 0.2) is 0 Å². The van der Waals surface area contributed by atoms with Gasteiger partial charge in [0, 0.05) is 11.9 Å². The lowest BCUT2D eigenvalue weighted by Crippen LogP contribution is -2.45. The zero-order chi connectivity index (χ0) is 19.8. The Hall–Kier alpha value is -2.95. The molecule has 0 spiro atoms. The van der Waals surface area contributed by atoms with Gasteiger partial charge in [0.2, 0.25) is 11.9 Å². The first-order valence-electron chi connectivity index (χ1n) is 10.6. The molecule has 2 unspecified atom stereocenters. The number of hydrogen-bond donors (Lipinski definition) is 1. The van der Waals surface area contributed by atoms with Gasteiger partial charge in [-0.1, -0.05) is 42.5 Å². The van der Waals surface area contributed by atoms with E-state index in [9.17, 15) is 4.79 Å². The lowest BCUT2D eigenvalue weighted by atomic mass is 9.87. The average Bonchev–Trinajstić information content (AvgIpc) is 3.24. The number of aromatic nitrogens is 2. The van der Waals surface area contributed by atoms with Crippen molar-refractivity contribution in [2.24, 2.45) is 0 Å². The van der Waals surface area contributed by atoms with Gasteiger partial charge in [0.25, 0.3) is 0 Å². The van der Waals surface area contributed by atoms with Gasteiger partial charge in [-0.25, -0.2) is 9.97 Å². The van der Waals surface area contributed by atoms with Gasteiger partial charge >= 0.3 is 0 Å². The fourth-order valence-corrected chi connectivity index (χ4v) is 4.80. The van der Waals surface area contributed by atoms with Gasteiger partial charge < -0.3 is 10.2 Å². The number of anilines is 1. The summed E-state index contributed by atoms with van der Waals surface area (Å²) < 4.78 is 0. The summed E-state index contributed by atoms with van der Waals surface area (Å²) in [7, 11) is 0. The molecule has 0 radical (unpaired) electrons. The highest BCUT2D eigenvalue weighted by Gasteiger charge is 2.34. The molecule has 0 saturated carbocycles. The van der Waals surface area contributed by atoms with Crippen molar-refractivity contribution in [1.29, 1.82) is 0 Å². The van der Waals surface area contributed by atoms with E-state index in [0.717, 1.165) is 55.2 Å². The summed E-state index contributed by atoms with van der Waals surface area (Å²) >= 11 is 0. The van der Waals surface area contributed by atoms with Crippen LogP contribution >= 0.6 is 0 Å². The number of hydrogen-bond acceptors (Lipinski definition) is 4. The molecule has 29 heavy (non-hydrogen) atoms. The molecule has 2 aromatic carbocycles. The molecule has 3 aromatic rings. The van der Waals surface area contributed by atoms with Crippen molar-refractivity contribution >= 4 is 22.8 Å². The normalized spacial score (nSPS) is 21.2. The molecule has 1 aromatic heterocycles. The second-order valence-corrected chi connectivity index (χ2v) is 8.13. The first-order valence-corrected chi connectivity index (χ1v) is 10.6. The fraction of sp³-hybridized carbons (Fsp3) is 0.375. The highest BCUT2D eigenvalue weighted by atomic mass is 16.2. The highest BCUT2D eigenvalue weighted by Crippen LogP contribution is 2.31. The van der Waals surface area contributed by atoms with Crippen LogP contribution in [0, 0.1) is 6.92 Å². The number of aryl methyl sites for hydroxylation is 2. The number of rotatable bonds is 3. The summed E-state index contributed by atoms with van der Waals surface area (Å²) in [5.41, 5.74) is 4.52. The first kappa shape index (κ1) is 18.1. The molecule has 1 fully saturated rings. The first-order chi connectivity index (χ1) is 14.2. The number of nitrogens with one attached hydrogen (secondary N) is 1. The Labute approximate surface area is 171 Å². The van der Waals surface area contributed by atoms with Gasteiger partial charge in [0.1, 0.15) is 6.04 Å². The molecule has 0 bridgehead atoms. The Balaban J connectivity index is 1.39. The quantitative estimate of drug-likeness (QED) is 0.736. The number of nitrogens with zero attached hydrogens (tertiary/aromatic N) is 3. The molecular formula is C24H26N4O. The summed E-state index contributed by atoms with van der Waals surface area (Å²) in [5.74, 6) is 0.765. The number of para-hydroxylation sites is 1. The van der Waals surface area contributed by atoms with Gasteiger partial charge in [0.05, 0.1) is 17.3 Å². The van der Waals surface area contributed by atoms with Crippen LogP contribution in [-0.2, 0) is 11.2 Å². The number of carbonyl (C=O) groups excluding carboxylic acids is 1. The second-order valence-electron chi connectivity index (χ2n) is 8.13. The van der Waals surface area contributed by atoms with E-state index in [2.05, 4.69) is 34.5 Å². The maximum atomic E-state index is 13.2. The predicted molar refractivity (Wildman–Crippen MR) is 115 cm³/mol. The van der Waals surface area contributed by atoms with Crippen LogP contribution in [0.2, 0.25) is 0 Å². The van der Waals surface area contributed by atoms with E-state index in [4.69, 9.17) is 9.97 Å². The molecule has 148 valence electrons. The fourth-order valence-electron chi connectivity index (χ4n) is 4.80. The van der Waals surface area contributed by atoms with E-state index in [0.29, 0.717) is 5.95 Å². The molecule has 1 N–H and O–H groups in total. The van der Waals surface area contributed by atoms with Crippen LogP contribution in [0.1, 0.15) is 48.5 Å². The molecular weight excluding hydrogens is 360 g/mol. The summed E-state index contributed by atoms with van der Waals surface area (Å²) in [6, 6.07) is 16.4. The van der Waals surface area contributed by atoms with Crippen molar-refractivity contribution in [2.75, 3.05) is 11.4 Å². The monoisotopic (exact) mass is 386 g/mol. The third kappa shape index (κ3) is 3.35. The van der Waals surface area contributed by atoms with Crippen molar-refractivity contribution in [1.82, 2.24) is 15.3 Å². The maximum absolute atomic E-state index is 13.2. The molecule has 5 nitrogen and oxygen atoms in total. The minimum atomic E-state index is -0.204. The molecule has 5 rings (SSSR count). The Morgan fingerprint density at radius 2 is 1.86 bits per heavy atom. The van der Waals surface area contributed by atoms with Crippen molar-refractivity contribution in [3.05, 3.63) is 65.4 Å². The van der Waals surface area contributed by atoms with Gasteiger partial charge in [-0.3, -0.25) is 4.79 Å². The summed E-state index contributed by atoms with van der Waals surface area (Å²) in [5, 5.41) is 4.40. The molecule has 2 atom stereocenters. The Morgan fingerprint density at radius 1 is 1.03 bits per heavy atom. The zero-order valence-electron chi connectivity index (χ0n) is 16.8. The number of amides is 1. The van der Waals surface area contributed by atoms with Crippen LogP contribution in [0.3, 0.4) is 0 Å². The topological polar surface area (TPSA) is 58.1 Å². The van der Waals surface area contributed by atoms with Crippen molar-refractivity contribution in [2.45, 2.75) is 51.1 Å². The zero-order valence-corrected chi connectivity index (χ0v) is 16.8. The molecule has 2 aliphatic rings. The molecule has 1 saturated heterocycles. The van der Waals surface area contributed by atoms with Crippen LogP contribution < -0.4 is 10.2 Å². The van der Waals surface area contributed by atoms with Crippen LogP contribution in [0.25, 0.3) is 10.9 Å². The van der Waals surface area contributed by atoms with Gasteiger partial charge in [-0.15, -0.1) is 0 Å². The minimum Gasteiger partial charge on any atom is -0.347 e. The van der Waals surface area contributed by atoms with Crippen molar-refractivity contribution < 1.29 is 4.79 Å². The van der Waals surface area contributed by atoms with Crippen LogP contribution in [-0.4, -0.2) is 28.5 Å². The number of benzene rings is 2. The lowest BCUT2D eigenvalue weighted by molar-refractivity contribution is -0.123. The van der Waals surface area contributed by atoms with E-state index < -0.39 is 0 Å². The van der Waals surface area contributed by atoms with E-state index in [-0.39, 0.29) is 18.0 Å². The molecule has 2 heterocycles. The lowest BCUT2D eigenvalue weighted by Gasteiger charge is -2.30. The van der Waals surface area contributed by atoms with E-state index in [1.807, 2.05) is 31.2 Å². The standard InChI is InChI=1S/C24H26N4O/c1-16-18-10-4-5-12-20(18)27-24(25-16)28-15-7-14-22(28)23(29)26-21-13-6-9-17-8-2-3-11-19(17)21/h2-5,8,10-12,21-22H,6-7,9,13-15H2,1H3,(H,26,29). The third-order valence-corrected chi connectivity index (χ3v) is 6.28. The molecule has 5 heteroatoms. The largest absolute Gasteiger partial charge is 0.347 e. The smallest absolute Gasteiger partial charge is 0.243 e.